The molecule has 8 heteroatoms. The van der Waals surface area contributed by atoms with Crippen LogP contribution in [0.1, 0.15) is 42.9 Å². The minimum absolute atomic E-state index is 0.0105. The average molecular weight is 437 g/mol. The van der Waals surface area contributed by atoms with Crippen molar-refractivity contribution >= 4 is 23.5 Å². The Kier molecular flexibility index (Phi) is 6.39. The lowest BCUT2D eigenvalue weighted by Gasteiger charge is -2.43. The monoisotopic (exact) mass is 437 g/mol. The molecular weight excluding hydrogens is 410 g/mol. The number of carboxylic acids is 1. The molecule has 2 aliphatic heterocycles. The third kappa shape index (κ3) is 4.90. The molecule has 2 bridgehead atoms. The fourth-order valence-corrected chi connectivity index (χ4v) is 4.77. The molecule has 0 saturated carbocycles. The van der Waals surface area contributed by atoms with Crippen molar-refractivity contribution in [1.29, 1.82) is 0 Å². The molecule has 4 rings (SSSR count). The van der Waals surface area contributed by atoms with Gasteiger partial charge in [0.15, 0.2) is 0 Å². The molecule has 1 saturated heterocycles. The van der Waals surface area contributed by atoms with Gasteiger partial charge in [-0.2, -0.15) is 0 Å². The molecule has 168 valence electrons. The molecule has 2 aliphatic rings. The first kappa shape index (κ1) is 21.8. The second kappa shape index (κ2) is 9.38. The van der Waals surface area contributed by atoms with Crippen LogP contribution in [0, 0.1) is 5.92 Å². The molecule has 8 nitrogen and oxygen atoms in total. The smallest absolute Gasteiger partial charge is 0.303 e. The van der Waals surface area contributed by atoms with E-state index in [1.54, 1.807) is 10.6 Å². The maximum absolute atomic E-state index is 13.1. The Hall–Kier alpha value is -3.42. The van der Waals surface area contributed by atoms with E-state index in [9.17, 15) is 19.2 Å². The SMILES string of the molecule is O=C(O)CCCC(=O)N1C[C@H]2C[C@H](C1)c1ccc(NC(=O)Cc3ccccc3)c(=O)n1C2. The van der Waals surface area contributed by atoms with Gasteiger partial charge in [0.05, 0.1) is 6.42 Å². The lowest BCUT2D eigenvalue weighted by atomic mass is 9.83. The van der Waals surface area contributed by atoms with Gasteiger partial charge in [-0.3, -0.25) is 19.2 Å². The van der Waals surface area contributed by atoms with Crippen LogP contribution in [0.15, 0.2) is 47.3 Å². The van der Waals surface area contributed by atoms with Gasteiger partial charge in [-0.05, 0) is 36.5 Å². The standard InChI is InChI=1S/C24H27N3O5/c28-21(12-16-5-2-1-3-6-16)25-19-9-10-20-18-11-17(14-27(20)24(19)32)13-26(15-18)22(29)7-4-8-23(30)31/h1-3,5-6,9-10,17-18H,4,7-8,11-15H2,(H,25,28)(H,30,31)/t17-,18-/m1/s1. The number of rotatable bonds is 7. The number of carboxylic acid groups (broad SMARTS) is 1. The van der Waals surface area contributed by atoms with E-state index in [1.807, 2.05) is 41.3 Å². The number of pyridine rings is 1. The van der Waals surface area contributed by atoms with Crippen molar-refractivity contribution in [3.63, 3.8) is 0 Å². The Morgan fingerprint density at radius 2 is 1.78 bits per heavy atom. The van der Waals surface area contributed by atoms with Gasteiger partial charge in [0.2, 0.25) is 11.8 Å². The van der Waals surface area contributed by atoms with Gasteiger partial charge in [-0.1, -0.05) is 30.3 Å². The van der Waals surface area contributed by atoms with Crippen LogP contribution in [0.2, 0.25) is 0 Å². The van der Waals surface area contributed by atoms with E-state index in [-0.39, 0.29) is 54.2 Å². The molecule has 1 fully saturated rings. The first-order valence-corrected chi connectivity index (χ1v) is 11.0. The Morgan fingerprint density at radius 1 is 1.00 bits per heavy atom. The fourth-order valence-electron chi connectivity index (χ4n) is 4.77. The third-order valence-electron chi connectivity index (χ3n) is 6.22. The van der Waals surface area contributed by atoms with E-state index in [1.165, 1.54) is 0 Å². The number of hydrogen-bond donors (Lipinski definition) is 2. The first-order chi connectivity index (χ1) is 15.4. The minimum atomic E-state index is -0.895. The molecule has 1 aromatic heterocycles. The summed E-state index contributed by atoms with van der Waals surface area (Å²) in [5.74, 6) is -0.928. The van der Waals surface area contributed by atoms with Crippen molar-refractivity contribution in [3.8, 4) is 0 Å². The summed E-state index contributed by atoms with van der Waals surface area (Å²) in [5, 5.41) is 11.5. The Balaban J connectivity index is 1.44. The number of nitrogens with zero attached hydrogens (tertiary/aromatic N) is 2. The second-order valence-corrected chi connectivity index (χ2v) is 8.64. The quantitative estimate of drug-likeness (QED) is 0.691. The van der Waals surface area contributed by atoms with E-state index >= 15 is 0 Å². The fraction of sp³-hybridized carbons (Fsp3) is 0.417. The molecule has 2 N–H and O–H groups in total. The van der Waals surface area contributed by atoms with Crippen molar-refractivity contribution in [2.24, 2.45) is 5.92 Å². The van der Waals surface area contributed by atoms with E-state index in [0.717, 1.165) is 17.7 Å². The number of likely N-dealkylation sites (tertiary alicyclic amines) is 1. The number of anilines is 1. The van der Waals surface area contributed by atoms with Gasteiger partial charge in [-0.15, -0.1) is 0 Å². The minimum Gasteiger partial charge on any atom is -0.481 e. The highest BCUT2D eigenvalue weighted by Crippen LogP contribution is 2.35. The van der Waals surface area contributed by atoms with E-state index in [2.05, 4.69) is 5.32 Å². The van der Waals surface area contributed by atoms with E-state index in [4.69, 9.17) is 5.11 Å². The molecule has 0 aliphatic carbocycles. The highest BCUT2D eigenvalue weighted by Gasteiger charge is 2.36. The van der Waals surface area contributed by atoms with Gasteiger partial charge < -0.3 is 19.9 Å². The summed E-state index contributed by atoms with van der Waals surface area (Å²) in [6.07, 6.45) is 1.67. The highest BCUT2D eigenvalue weighted by molar-refractivity contribution is 5.92. The topological polar surface area (TPSA) is 109 Å². The van der Waals surface area contributed by atoms with Crippen molar-refractivity contribution in [2.75, 3.05) is 18.4 Å². The normalized spacial score (nSPS) is 19.2. The van der Waals surface area contributed by atoms with Crippen molar-refractivity contribution in [2.45, 2.75) is 44.6 Å². The molecule has 2 amide bonds. The van der Waals surface area contributed by atoms with Crippen LogP contribution >= 0.6 is 0 Å². The lowest BCUT2D eigenvalue weighted by molar-refractivity contribution is -0.137. The number of fused-ring (bicyclic) bond motifs is 4. The number of carbonyl (C=O) groups excluding carboxylic acids is 2. The molecule has 3 heterocycles. The molecule has 0 spiro atoms. The summed E-state index contributed by atoms with van der Waals surface area (Å²) in [4.78, 5) is 50.5. The number of piperidine rings is 1. The van der Waals surface area contributed by atoms with Gasteiger partial charge in [0, 0.05) is 44.1 Å². The highest BCUT2D eigenvalue weighted by atomic mass is 16.4. The number of carbonyl (C=O) groups is 3. The maximum atomic E-state index is 13.1. The molecular formula is C24H27N3O5. The summed E-state index contributed by atoms with van der Waals surface area (Å²) in [5.41, 5.74) is 1.83. The van der Waals surface area contributed by atoms with Crippen LogP contribution < -0.4 is 10.9 Å². The molecule has 0 radical (unpaired) electrons. The zero-order valence-corrected chi connectivity index (χ0v) is 17.8. The Labute approximate surface area is 185 Å². The predicted molar refractivity (Wildman–Crippen MR) is 118 cm³/mol. The Bertz CT molecular complexity index is 1080. The van der Waals surface area contributed by atoms with Crippen LogP contribution in [-0.4, -0.2) is 45.4 Å². The van der Waals surface area contributed by atoms with Crippen molar-refractivity contribution < 1.29 is 19.5 Å². The number of aliphatic carboxylic acids is 1. The van der Waals surface area contributed by atoms with Crippen molar-refractivity contribution in [1.82, 2.24) is 9.47 Å². The second-order valence-electron chi connectivity index (χ2n) is 8.64. The van der Waals surface area contributed by atoms with Crippen LogP contribution in [0.4, 0.5) is 5.69 Å². The van der Waals surface area contributed by atoms with E-state index in [0.29, 0.717) is 26.1 Å². The van der Waals surface area contributed by atoms with Crippen LogP contribution in [-0.2, 0) is 27.3 Å². The van der Waals surface area contributed by atoms with Crippen LogP contribution in [0.25, 0.3) is 0 Å². The van der Waals surface area contributed by atoms with Crippen molar-refractivity contribution in [3.05, 3.63) is 64.1 Å². The molecule has 2 atom stereocenters. The maximum Gasteiger partial charge on any atom is 0.303 e. The first-order valence-electron chi connectivity index (χ1n) is 11.0. The van der Waals surface area contributed by atoms with Gasteiger partial charge in [0.25, 0.3) is 5.56 Å². The van der Waals surface area contributed by atoms with Gasteiger partial charge in [-0.25, -0.2) is 0 Å². The predicted octanol–water partition coefficient (Wildman–Crippen LogP) is 2.23. The number of nitrogens with one attached hydrogen (secondary N) is 1. The molecule has 0 unspecified atom stereocenters. The average Bonchev–Trinajstić information content (AvgIpc) is 2.76. The largest absolute Gasteiger partial charge is 0.481 e. The number of benzene rings is 1. The summed E-state index contributed by atoms with van der Waals surface area (Å²) in [7, 11) is 0. The van der Waals surface area contributed by atoms with Crippen LogP contribution in [0.3, 0.4) is 0 Å². The summed E-state index contributed by atoms with van der Waals surface area (Å²) < 4.78 is 1.74. The van der Waals surface area contributed by atoms with Gasteiger partial charge >= 0.3 is 5.97 Å². The van der Waals surface area contributed by atoms with E-state index < -0.39 is 5.97 Å². The molecule has 32 heavy (non-hydrogen) atoms. The summed E-state index contributed by atoms with van der Waals surface area (Å²) in [6.45, 7) is 1.60. The molecule has 1 aromatic carbocycles. The zero-order valence-electron chi connectivity index (χ0n) is 17.8. The zero-order chi connectivity index (χ0) is 22.7. The number of aromatic nitrogens is 1. The number of amides is 2. The lowest BCUT2D eigenvalue weighted by Crippen LogP contribution is -2.49. The third-order valence-corrected chi connectivity index (χ3v) is 6.22. The number of hydrogen-bond acceptors (Lipinski definition) is 4. The molecule has 2 aromatic rings. The summed E-state index contributed by atoms with van der Waals surface area (Å²) in [6, 6.07) is 12.9. The Morgan fingerprint density at radius 3 is 2.53 bits per heavy atom. The van der Waals surface area contributed by atoms with Gasteiger partial charge in [0.1, 0.15) is 5.69 Å². The van der Waals surface area contributed by atoms with Crippen LogP contribution in [0.5, 0.6) is 0 Å². The summed E-state index contributed by atoms with van der Waals surface area (Å²) >= 11 is 0.